The van der Waals surface area contributed by atoms with Crippen LogP contribution in [-0.4, -0.2) is 5.11 Å². The lowest BCUT2D eigenvalue weighted by molar-refractivity contribution is 0.363. The van der Waals surface area contributed by atoms with Gasteiger partial charge in [0.25, 0.3) is 0 Å². The summed E-state index contributed by atoms with van der Waals surface area (Å²) in [6.07, 6.45) is 0. The smallest absolute Gasteiger partial charge is 0.507 e. The number of phenols is 1. The van der Waals surface area contributed by atoms with Gasteiger partial charge >= 0.3 is 8.60 Å². The van der Waals surface area contributed by atoms with E-state index in [0.29, 0.717) is 5.75 Å². The van der Waals surface area contributed by atoms with Crippen LogP contribution in [0.5, 0.6) is 23.0 Å². The van der Waals surface area contributed by atoms with Crippen LogP contribution in [0, 0.1) is 13.8 Å². The molecule has 0 radical (unpaired) electrons. The van der Waals surface area contributed by atoms with Gasteiger partial charge in [-0.1, -0.05) is 179 Å². The van der Waals surface area contributed by atoms with Crippen LogP contribution in [0.15, 0.2) is 48.5 Å². The van der Waals surface area contributed by atoms with Crippen molar-refractivity contribution in [3.05, 3.63) is 104 Å². The maximum Gasteiger partial charge on any atom is 0.530 e. The third-order valence-electron chi connectivity index (χ3n) is 11.4. The van der Waals surface area contributed by atoms with Crippen molar-refractivity contribution in [3.63, 3.8) is 0 Å². The molecule has 1 heterocycles. The normalized spacial score (nSPS) is 16.9. The van der Waals surface area contributed by atoms with Crippen molar-refractivity contribution in [3.8, 4) is 34.1 Å². The van der Waals surface area contributed by atoms with E-state index in [1.54, 1.807) is 0 Å². The van der Waals surface area contributed by atoms with Crippen molar-refractivity contribution in [1.82, 2.24) is 0 Å². The molecule has 0 amide bonds. The summed E-state index contributed by atoms with van der Waals surface area (Å²) in [7, 11) is -2.09. The highest BCUT2D eigenvalue weighted by Crippen LogP contribution is 2.58. The molecule has 0 spiro atoms. The van der Waals surface area contributed by atoms with Crippen LogP contribution in [0.3, 0.4) is 0 Å². The van der Waals surface area contributed by atoms with E-state index in [2.05, 4.69) is 194 Å². The zero-order chi connectivity index (χ0) is 43.2. The summed E-state index contributed by atoms with van der Waals surface area (Å²) in [4.78, 5) is 0. The zero-order valence-corrected chi connectivity index (χ0v) is 40.2. The Kier molecular flexibility index (Phi) is 11.5. The van der Waals surface area contributed by atoms with Crippen LogP contribution >= 0.6 is 8.60 Å². The number of fused-ring (bicyclic) bond motifs is 2. The fraction of sp³-hybridized carbons (Fsp3) is 0.538. The predicted octanol–water partition coefficient (Wildman–Crippen LogP) is 15.7. The van der Waals surface area contributed by atoms with Crippen molar-refractivity contribution in [2.24, 2.45) is 0 Å². The van der Waals surface area contributed by atoms with E-state index in [1.807, 2.05) is 0 Å². The van der Waals surface area contributed by atoms with E-state index in [4.69, 9.17) is 13.6 Å². The average molecular weight is 793 g/mol. The average Bonchev–Trinajstić information content (AvgIpc) is 3.02. The van der Waals surface area contributed by atoms with Gasteiger partial charge in [0, 0.05) is 50.4 Å². The maximum absolute atomic E-state index is 12.4. The molecule has 0 fully saturated rings. The number of hydrogen-bond donors (Lipinski definition) is 1. The Hall–Kier alpha value is -3.49. The maximum atomic E-state index is 12.4. The minimum absolute atomic E-state index is 0.00817. The number of hydrogen-bond acceptors (Lipinski definition) is 4. The molecule has 0 saturated carbocycles. The molecule has 5 heteroatoms. The molecule has 0 saturated heterocycles. The molecule has 1 N–H and O–H groups in total. The summed E-state index contributed by atoms with van der Waals surface area (Å²) >= 11 is 0. The Labute approximate surface area is 348 Å². The van der Waals surface area contributed by atoms with Crippen LogP contribution in [0.1, 0.15) is 193 Å². The minimum Gasteiger partial charge on any atom is -0.507 e. The molecular weight excluding hydrogens is 720 g/mol. The van der Waals surface area contributed by atoms with Gasteiger partial charge in [0.15, 0.2) is 0 Å². The highest BCUT2D eigenvalue weighted by atomic mass is 31.2. The van der Waals surface area contributed by atoms with Gasteiger partial charge in [-0.2, -0.15) is 0 Å². The third kappa shape index (κ3) is 9.22. The molecule has 57 heavy (non-hydrogen) atoms. The third-order valence-corrected chi connectivity index (χ3v) is 12.4. The minimum atomic E-state index is -2.09. The van der Waals surface area contributed by atoms with Crippen molar-refractivity contribution < 1.29 is 18.7 Å². The summed E-state index contributed by atoms with van der Waals surface area (Å²) in [5.74, 6) is 2.61. The van der Waals surface area contributed by atoms with E-state index >= 15 is 0 Å². The van der Waals surface area contributed by atoms with Crippen LogP contribution < -0.4 is 13.6 Å². The predicted molar refractivity (Wildman–Crippen MR) is 244 cm³/mol. The number of benzene rings is 4. The first-order chi connectivity index (χ1) is 25.7. The topological polar surface area (TPSA) is 47.9 Å². The molecule has 5 rings (SSSR count). The molecular formula is C52H73O4P. The van der Waals surface area contributed by atoms with Gasteiger partial charge in [0.1, 0.15) is 23.0 Å². The Morgan fingerprint density at radius 1 is 0.474 bits per heavy atom. The van der Waals surface area contributed by atoms with Crippen LogP contribution in [0.25, 0.3) is 11.1 Å². The van der Waals surface area contributed by atoms with Gasteiger partial charge in [-0.3, -0.25) is 0 Å². The lowest BCUT2D eigenvalue weighted by Crippen LogP contribution is -2.22. The van der Waals surface area contributed by atoms with E-state index < -0.39 is 8.60 Å². The molecule has 0 aromatic heterocycles. The van der Waals surface area contributed by atoms with Crippen LogP contribution in [0.2, 0.25) is 0 Å². The Morgan fingerprint density at radius 3 is 1.21 bits per heavy atom. The van der Waals surface area contributed by atoms with Gasteiger partial charge in [-0.05, 0) is 69.6 Å². The molecule has 0 atom stereocenters. The first-order valence-corrected chi connectivity index (χ1v) is 22.0. The molecule has 310 valence electrons. The standard InChI is InChI=1S/C52H73O4P/c1-30-22-35-32(3)36-23-31(2)25-41(51(16,17)18)45(36)55-57(54-44(35)40(24-30)50(13,14)15)56-46-38(27-34(48(7,8)9)29-42(46)52(19,20)21)37-26-33(47(4,5)6)28-39(43(37)53)49(10,11)12/h22-29,32,53H,1-21H3. The summed E-state index contributed by atoms with van der Waals surface area (Å²) in [5, 5.41) is 12.4. The monoisotopic (exact) mass is 793 g/mol. The molecule has 0 bridgehead atoms. The lowest BCUT2D eigenvalue weighted by atomic mass is 9.75. The second-order valence-corrected chi connectivity index (χ2v) is 24.0. The molecule has 4 aromatic rings. The fourth-order valence-electron chi connectivity index (χ4n) is 7.77. The largest absolute Gasteiger partial charge is 0.530 e. The second kappa shape index (κ2) is 14.7. The Morgan fingerprint density at radius 2 is 0.842 bits per heavy atom. The summed E-state index contributed by atoms with van der Waals surface area (Å²) in [5.41, 5.74) is 11.4. The van der Waals surface area contributed by atoms with Crippen LogP contribution in [0.4, 0.5) is 0 Å². The van der Waals surface area contributed by atoms with Crippen molar-refractivity contribution >= 4 is 8.60 Å². The Bertz CT molecular complexity index is 2090. The summed E-state index contributed by atoms with van der Waals surface area (Å²) in [6, 6.07) is 18.0. The van der Waals surface area contributed by atoms with E-state index in [1.165, 1.54) is 16.7 Å². The van der Waals surface area contributed by atoms with Gasteiger partial charge in [0.05, 0.1) is 0 Å². The van der Waals surface area contributed by atoms with Crippen molar-refractivity contribution in [1.29, 1.82) is 0 Å². The van der Waals surface area contributed by atoms with Gasteiger partial charge < -0.3 is 18.7 Å². The van der Waals surface area contributed by atoms with Gasteiger partial charge in [-0.25, -0.2) is 0 Å². The van der Waals surface area contributed by atoms with E-state index in [0.717, 1.165) is 61.6 Å². The highest BCUT2D eigenvalue weighted by molar-refractivity contribution is 7.43. The Balaban J connectivity index is 1.94. The van der Waals surface area contributed by atoms with Gasteiger partial charge in [-0.15, -0.1) is 0 Å². The van der Waals surface area contributed by atoms with Crippen LogP contribution in [-0.2, 0) is 32.5 Å². The van der Waals surface area contributed by atoms with E-state index in [-0.39, 0.29) is 44.2 Å². The SMILES string of the molecule is Cc1cc2c(c(C(C)(C)C)c1)OP(Oc1c(-c3cc(C(C)(C)C)cc(C(C)(C)C)c3O)cc(C(C)(C)C)cc1C(C)(C)C)Oc1c(cc(C)cc1C(C)(C)C)C2C. The fourth-order valence-corrected chi connectivity index (χ4v) is 8.94. The number of rotatable bonds is 3. The zero-order valence-electron chi connectivity index (χ0n) is 39.3. The summed E-state index contributed by atoms with van der Waals surface area (Å²) < 4.78 is 22.0. The lowest BCUT2D eigenvalue weighted by Gasteiger charge is -2.35. The quantitative estimate of drug-likeness (QED) is 0.210. The van der Waals surface area contributed by atoms with E-state index in [9.17, 15) is 5.11 Å². The van der Waals surface area contributed by atoms with Gasteiger partial charge in [0.2, 0.25) is 0 Å². The summed E-state index contributed by atoms with van der Waals surface area (Å²) in [6.45, 7) is 46.7. The molecule has 4 nitrogen and oxygen atoms in total. The number of aryl methyl sites for hydroxylation is 2. The highest BCUT2D eigenvalue weighted by Gasteiger charge is 2.39. The van der Waals surface area contributed by atoms with Crippen molar-refractivity contribution in [2.75, 3.05) is 0 Å². The first-order valence-electron chi connectivity index (χ1n) is 20.9. The molecule has 4 aromatic carbocycles. The molecule has 0 aliphatic carbocycles. The molecule has 0 unspecified atom stereocenters. The van der Waals surface area contributed by atoms with Crippen molar-refractivity contribution in [2.45, 2.75) is 184 Å². The molecule has 1 aliphatic heterocycles. The number of aromatic hydroxyl groups is 1. The molecule has 1 aliphatic rings. The second-order valence-electron chi connectivity index (χ2n) is 23.0. The first kappa shape index (κ1) is 44.6. The number of phenolic OH excluding ortho intramolecular Hbond substituents is 1.